The van der Waals surface area contributed by atoms with Crippen molar-refractivity contribution >= 4 is 11.9 Å². The second kappa shape index (κ2) is 9.85. The molecule has 0 aromatic heterocycles. The highest BCUT2D eigenvalue weighted by molar-refractivity contribution is 5.91. The molecule has 0 bridgehead atoms. The van der Waals surface area contributed by atoms with E-state index in [0.717, 1.165) is 12.0 Å². The number of benzene rings is 1. The Labute approximate surface area is 161 Å². The first-order valence-electron chi connectivity index (χ1n) is 9.59. The van der Waals surface area contributed by atoms with E-state index in [-0.39, 0.29) is 19.0 Å². The predicted molar refractivity (Wildman–Crippen MR) is 100 cm³/mol. The Morgan fingerprint density at radius 1 is 1.26 bits per heavy atom. The van der Waals surface area contributed by atoms with Crippen molar-refractivity contribution in [1.29, 1.82) is 0 Å². The van der Waals surface area contributed by atoms with Crippen LogP contribution in [0.2, 0.25) is 0 Å². The highest BCUT2D eigenvalue weighted by atomic mass is 16.8. The Morgan fingerprint density at radius 3 is 2.67 bits per heavy atom. The molecule has 1 aromatic carbocycles. The van der Waals surface area contributed by atoms with Crippen LogP contribution in [0, 0.1) is 12.8 Å². The first-order chi connectivity index (χ1) is 12.8. The van der Waals surface area contributed by atoms with Gasteiger partial charge in [0.2, 0.25) is 6.29 Å². The topological polar surface area (TPSA) is 71.1 Å². The van der Waals surface area contributed by atoms with Crippen molar-refractivity contribution in [3.8, 4) is 0 Å². The molecule has 6 nitrogen and oxygen atoms in total. The summed E-state index contributed by atoms with van der Waals surface area (Å²) in [5.74, 6) is -1.33. The van der Waals surface area contributed by atoms with Gasteiger partial charge >= 0.3 is 11.9 Å². The first kappa shape index (κ1) is 21.4. The Hall–Kier alpha value is -1.92. The number of rotatable bonds is 9. The molecule has 2 unspecified atom stereocenters. The maximum Gasteiger partial charge on any atom is 0.340 e. The van der Waals surface area contributed by atoms with Crippen LogP contribution in [0.3, 0.4) is 0 Å². The summed E-state index contributed by atoms with van der Waals surface area (Å²) < 4.78 is 22.4. The van der Waals surface area contributed by atoms with E-state index in [9.17, 15) is 9.59 Å². The monoisotopic (exact) mass is 378 g/mol. The largest absolute Gasteiger partial charge is 0.465 e. The normalized spacial score (nSPS) is 22.0. The summed E-state index contributed by atoms with van der Waals surface area (Å²) in [4.78, 5) is 24.3. The molecule has 0 spiro atoms. The van der Waals surface area contributed by atoms with Gasteiger partial charge in [0.05, 0.1) is 18.6 Å². The lowest BCUT2D eigenvalue weighted by atomic mass is 10.1. The van der Waals surface area contributed by atoms with Crippen LogP contribution in [0.1, 0.15) is 62.4 Å². The van der Waals surface area contributed by atoms with Crippen LogP contribution in [0.25, 0.3) is 0 Å². The first-order valence-corrected chi connectivity index (χ1v) is 9.59. The molecular formula is C21H30O6. The van der Waals surface area contributed by atoms with Gasteiger partial charge in [0.1, 0.15) is 6.61 Å². The van der Waals surface area contributed by atoms with Crippen molar-refractivity contribution < 1.29 is 28.5 Å². The zero-order valence-electron chi connectivity index (χ0n) is 16.7. The highest BCUT2D eigenvalue weighted by Gasteiger charge is 2.43. The molecule has 0 N–H and O–H groups in total. The zero-order chi connectivity index (χ0) is 19.9. The van der Waals surface area contributed by atoms with Gasteiger partial charge < -0.3 is 18.9 Å². The van der Waals surface area contributed by atoms with E-state index in [0.29, 0.717) is 30.9 Å². The molecule has 0 saturated carbocycles. The van der Waals surface area contributed by atoms with Crippen molar-refractivity contribution in [1.82, 2.24) is 0 Å². The van der Waals surface area contributed by atoms with Crippen LogP contribution in [0.5, 0.6) is 0 Å². The molecule has 150 valence electrons. The van der Waals surface area contributed by atoms with E-state index in [1.54, 1.807) is 12.1 Å². The molecule has 6 heteroatoms. The lowest BCUT2D eigenvalue weighted by molar-refractivity contribution is -0.208. The third kappa shape index (κ3) is 6.33. The SMILES string of the molecule is CCCC1(CCC(=O)OCC(C)C)OCC(OC(=O)c2ccccc2C)O1. The van der Waals surface area contributed by atoms with Crippen LogP contribution in [-0.2, 0) is 23.7 Å². The standard InChI is InChI=1S/C21H30O6/c1-5-11-21(12-10-18(22)24-13-15(2)3)25-14-19(27-21)26-20(23)17-9-7-6-8-16(17)4/h6-9,15,19H,5,10-14H2,1-4H3. The average Bonchev–Trinajstić information content (AvgIpc) is 3.01. The molecule has 2 rings (SSSR count). The smallest absolute Gasteiger partial charge is 0.340 e. The number of hydrogen-bond acceptors (Lipinski definition) is 6. The maximum atomic E-state index is 12.4. The van der Waals surface area contributed by atoms with Gasteiger partial charge in [0.15, 0.2) is 5.79 Å². The minimum atomic E-state index is -0.914. The summed E-state index contributed by atoms with van der Waals surface area (Å²) in [6.45, 7) is 8.40. The minimum absolute atomic E-state index is 0.151. The molecule has 1 heterocycles. The van der Waals surface area contributed by atoms with Gasteiger partial charge in [-0.15, -0.1) is 0 Å². The number of carbonyl (C=O) groups excluding carboxylic acids is 2. The van der Waals surface area contributed by atoms with Crippen LogP contribution < -0.4 is 0 Å². The van der Waals surface area contributed by atoms with Crippen molar-refractivity contribution in [3.05, 3.63) is 35.4 Å². The number of ether oxygens (including phenoxy) is 4. The zero-order valence-corrected chi connectivity index (χ0v) is 16.7. The average molecular weight is 378 g/mol. The maximum absolute atomic E-state index is 12.4. The van der Waals surface area contributed by atoms with E-state index >= 15 is 0 Å². The molecule has 0 radical (unpaired) electrons. The van der Waals surface area contributed by atoms with Gasteiger partial charge in [0.25, 0.3) is 0 Å². The molecule has 1 fully saturated rings. The summed E-state index contributed by atoms with van der Waals surface area (Å²) in [6.07, 6.45) is 1.22. The van der Waals surface area contributed by atoms with Gasteiger partial charge in [-0.2, -0.15) is 0 Å². The van der Waals surface area contributed by atoms with E-state index in [1.165, 1.54) is 0 Å². The number of esters is 2. The van der Waals surface area contributed by atoms with Crippen LogP contribution in [0.15, 0.2) is 24.3 Å². The van der Waals surface area contributed by atoms with Crippen LogP contribution >= 0.6 is 0 Å². The Morgan fingerprint density at radius 2 is 2.00 bits per heavy atom. The van der Waals surface area contributed by atoms with Gasteiger partial charge in [-0.1, -0.05) is 45.4 Å². The lowest BCUT2D eigenvalue weighted by Gasteiger charge is -2.27. The second-order valence-corrected chi connectivity index (χ2v) is 7.32. The molecule has 0 amide bonds. The summed E-state index contributed by atoms with van der Waals surface area (Å²) in [6, 6.07) is 7.23. The Balaban J connectivity index is 1.91. The van der Waals surface area contributed by atoms with Gasteiger partial charge in [-0.3, -0.25) is 4.79 Å². The van der Waals surface area contributed by atoms with Gasteiger partial charge in [-0.05, 0) is 24.5 Å². The van der Waals surface area contributed by atoms with Crippen molar-refractivity contribution in [2.75, 3.05) is 13.2 Å². The fourth-order valence-electron chi connectivity index (χ4n) is 2.96. The Bertz CT molecular complexity index is 641. The van der Waals surface area contributed by atoms with E-state index in [4.69, 9.17) is 18.9 Å². The number of carbonyl (C=O) groups is 2. The number of aryl methyl sites for hydroxylation is 1. The molecule has 2 atom stereocenters. The predicted octanol–water partition coefficient (Wildman–Crippen LogP) is 4.00. The molecule has 1 aromatic rings. The van der Waals surface area contributed by atoms with Crippen LogP contribution in [-0.4, -0.2) is 37.2 Å². The fourth-order valence-corrected chi connectivity index (χ4v) is 2.96. The molecule has 0 aliphatic carbocycles. The summed E-state index contributed by atoms with van der Waals surface area (Å²) >= 11 is 0. The molecular weight excluding hydrogens is 348 g/mol. The highest BCUT2D eigenvalue weighted by Crippen LogP contribution is 2.34. The number of hydrogen-bond donors (Lipinski definition) is 0. The molecule has 1 aliphatic heterocycles. The van der Waals surface area contributed by atoms with Crippen molar-refractivity contribution in [3.63, 3.8) is 0 Å². The fraction of sp³-hybridized carbons (Fsp3) is 0.619. The van der Waals surface area contributed by atoms with Crippen molar-refractivity contribution in [2.24, 2.45) is 5.92 Å². The minimum Gasteiger partial charge on any atom is -0.465 e. The molecule has 27 heavy (non-hydrogen) atoms. The molecule has 1 saturated heterocycles. The third-order valence-corrected chi connectivity index (χ3v) is 4.35. The van der Waals surface area contributed by atoms with E-state index in [1.807, 2.05) is 39.8 Å². The summed E-state index contributed by atoms with van der Waals surface area (Å²) in [7, 11) is 0. The molecule has 1 aliphatic rings. The van der Waals surface area contributed by atoms with E-state index in [2.05, 4.69) is 0 Å². The lowest BCUT2D eigenvalue weighted by Crippen LogP contribution is -2.33. The second-order valence-electron chi connectivity index (χ2n) is 7.32. The van der Waals surface area contributed by atoms with Gasteiger partial charge in [0, 0.05) is 12.8 Å². The quantitative estimate of drug-likeness (QED) is 0.605. The van der Waals surface area contributed by atoms with Crippen molar-refractivity contribution in [2.45, 2.75) is 65.5 Å². The third-order valence-electron chi connectivity index (χ3n) is 4.35. The van der Waals surface area contributed by atoms with Gasteiger partial charge in [-0.25, -0.2) is 4.79 Å². The Kier molecular flexibility index (Phi) is 7.80. The van der Waals surface area contributed by atoms with E-state index < -0.39 is 18.0 Å². The summed E-state index contributed by atoms with van der Waals surface area (Å²) in [5.41, 5.74) is 1.35. The van der Waals surface area contributed by atoms with Crippen LogP contribution in [0.4, 0.5) is 0 Å². The summed E-state index contributed by atoms with van der Waals surface area (Å²) in [5, 5.41) is 0.